The third-order valence-electron chi connectivity index (χ3n) is 26.4. The Morgan fingerprint density at radius 2 is 0.493 bits per heavy atom. The van der Waals surface area contributed by atoms with Crippen LogP contribution in [0.4, 0.5) is 5.69 Å². The smallest absolute Gasteiger partial charge is 0.492 e. The summed E-state index contributed by atoms with van der Waals surface area (Å²) in [6.07, 6.45) is 0. The molecular weight excluding hydrogens is 1850 g/mol. The van der Waals surface area contributed by atoms with Crippen LogP contribution in [-0.2, 0) is 0 Å². The summed E-state index contributed by atoms with van der Waals surface area (Å²) in [6, 6.07) is 153. The molecule has 0 unspecified atom stereocenters. The van der Waals surface area contributed by atoms with Crippen molar-refractivity contribution in [2.24, 2.45) is 0 Å². The molecule has 28 rings (SSSR count). The Morgan fingerprint density at radius 3 is 0.861 bits per heavy atom. The summed E-state index contributed by atoms with van der Waals surface area (Å²) in [5, 5.41) is 48.0. The maximum atomic E-state index is 10.7. The molecule has 0 saturated heterocycles. The van der Waals surface area contributed by atoms with Gasteiger partial charge in [-0.25, -0.2) is 19.9 Å². The van der Waals surface area contributed by atoms with Crippen molar-refractivity contribution in [2.75, 3.05) is 5.73 Å². The standard InChI is InChI=1S/C32H22N2O.C31H21N3O.C31H20N2O2.C19H13BrN2O.C12H9BO3/c1-21-11-5-6-14-23(21)32-33-30-25(16-10-19-28(30)34(32)22-12-3-2-4-13-22)27-18-9-17-26-24-15-7-8-20-29(24)35-31(26)27;32-26-17-6-4-13-25(26)31-33-29-22(14-9-18-27(29)34(31)20-10-2-1-3-11-20)24-16-8-15-23-21-12-5-7-19-28(21)35-30(23)24;34-27-18-6-4-13-25(27)31-32-29-22(14-9-17-26(29)33(31)20-10-2-1-3-11-20)24-16-8-15-23-21-12-5-7-19-28(21)35-30(23)24;20-15-10-6-11-16-18(15)21-19(14-9-4-5-12-17(14)23)22(16)13-7-2-1-3-8-13;14-13(15)10-6-3-5-9-8-4-1-2-7-11(8)16-12(9)10/h2-20H,1H3;1-19H,32H2;1-19,34H;1-12,23H;1-7,14-15H. The maximum Gasteiger partial charge on any atom is 0.492 e. The molecule has 0 radical (unpaired) electrons. The minimum Gasteiger partial charge on any atom is -0.507 e. The fourth-order valence-electron chi connectivity index (χ4n) is 19.8. The van der Waals surface area contributed by atoms with Crippen molar-refractivity contribution in [2.45, 2.75) is 6.92 Å². The number of nitrogen functional groups attached to an aromatic ring is 1. The number of para-hydroxylation sites is 19. The number of benzene rings is 20. The van der Waals surface area contributed by atoms with Crippen LogP contribution < -0.4 is 11.2 Å². The van der Waals surface area contributed by atoms with Gasteiger partial charge in [-0.2, -0.15) is 0 Å². The zero-order valence-electron chi connectivity index (χ0n) is 77.4. The second kappa shape index (κ2) is 37.6. The molecule has 144 heavy (non-hydrogen) atoms. The van der Waals surface area contributed by atoms with Crippen LogP contribution in [-0.4, -0.2) is 65.6 Å². The van der Waals surface area contributed by atoms with Crippen LogP contribution in [0.3, 0.4) is 0 Å². The molecule has 0 aliphatic carbocycles. The van der Waals surface area contributed by atoms with Gasteiger partial charge in [-0.1, -0.05) is 322 Å². The van der Waals surface area contributed by atoms with E-state index in [0.717, 1.165) is 216 Å². The van der Waals surface area contributed by atoms with Crippen molar-refractivity contribution in [1.82, 2.24) is 38.2 Å². The van der Waals surface area contributed by atoms with Crippen LogP contribution in [0.25, 0.3) is 234 Å². The molecule has 0 bridgehead atoms. The number of nitrogens with two attached hydrogens (primary N) is 1. The van der Waals surface area contributed by atoms with E-state index in [9.17, 15) is 20.3 Å². The Balaban J connectivity index is 0.0000000991. The second-order valence-electron chi connectivity index (χ2n) is 35.0. The molecule has 8 aromatic heterocycles. The van der Waals surface area contributed by atoms with E-state index in [1.54, 1.807) is 24.3 Å². The fourth-order valence-corrected chi connectivity index (χ4v) is 20.2. The lowest BCUT2D eigenvalue weighted by atomic mass is 9.79. The van der Waals surface area contributed by atoms with Gasteiger partial charge in [0.1, 0.15) is 85.0 Å². The van der Waals surface area contributed by atoms with E-state index in [4.69, 9.17) is 43.3 Å². The fraction of sp³-hybridized carbons (Fsp3) is 0.00800. The lowest BCUT2D eigenvalue weighted by molar-refractivity contribution is 0.425. The molecule has 0 spiro atoms. The van der Waals surface area contributed by atoms with Gasteiger partial charge >= 0.3 is 7.12 Å². The molecule has 20 aromatic carbocycles. The van der Waals surface area contributed by atoms with Crippen molar-refractivity contribution >= 4 is 166 Å². The SMILES string of the molecule is Cc1ccccc1-c1nc2c(-c3cccc4c3oc3ccccc34)cccc2n1-c1ccccc1.Nc1ccccc1-c1nc2c(-c3cccc4c3oc3ccccc34)cccc2n1-c1ccccc1.OB(O)c1cccc2c1oc1ccccc12.Oc1ccccc1-c1nc2c(-c3cccc4c3oc3ccccc34)cccc2n1-c1ccccc1.Oc1ccccc1-c1nc2c(Br)cccc2n1-c1ccccc1. The average Bonchev–Trinajstić information content (AvgIpc) is 1.59. The van der Waals surface area contributed by atoms with Gasteiger partial charge in [-0.05, 0) is 168 Å². The first kappa shape index (κ1) is 88.1. The number of aryl methyl sites for hydroxylation is 1. The molecule has 0 aliphatic rings. The Kier molecular flexibility index (Phi) is 23.0. The van der Waals surface area contributed by atoms with E-state index in [1.165, 1.54) is 5.56 Å². The van der Waals surface area contributed by atoms with E-state index >= 15 is 0 Å². The van der Waals surface area contributed by atoms with Crippen molar-refractivity contribution in [3.8, 4) is 113 Å². The zero-order valence-corrected chi connectivity index (χ0v) is 79.0. The largest absolute Gasteiger partial charge is 0.507 e. The number of hydrogen-bond donors (Lipinski definition) is 5. The van der Waals surface area contributed by atoms with Gasteiger partial charge in [0.05, 0.1) is 49.7 Å². The van der Waals surface area contributed by atoms with Gasteiger partial charge in [0.15, 0.2) is 0 Å². The van der Waals surface area contributed by atoms with Crippen molar-refractivity contribution in [3.05, 3.63) is 471 Å². The molecule has 0 aliphatic heterocycles. The van der Waals surface area contributed by atoms with Gasteiger partial charge in [-0.15, -0.1) is 0 Å². The Hall–Kier alpha value is -18.7. The molecule has 17 nitrogen and oxygen atoms in total. The number of aromatic hydroxyl groups is 2. The molecular formula is C125H85BBrN9O8. The van der Waals surface area contributed by atoms with E-state index in [2.05, 4.69) is 247 Å². The molecule has 0 fully saturated rings. The summed E-state index contributed by atoms with van der Waals surface area (Å²) < 4.78 is 34.2. The monoisotopic (exact) mass is 1930 g/mol. The van der Waals surface area contributed by atoms with Crippen LogP contribution in [0.2, 0.25) is 0 Å². The second-order valence-corrected chi connectivity index (χ2v) is 35.9. The molecule has 0 amide bonds. The highest BCUT2D eigenvalue weighted by Crippen LogP contribution is 2.47. The molecule has 688 valence electrons. The third kappa shape index (κ3) is 15.8. The van der Waals surface area contributed by atoms with E-state index in [1.807, 2.05) is 231 Å². The van der Waals surface area contributed by atoms with Gasteiger partial charge in [0.25, 0.3) is 0 Å². The summed E-state index contributed by atoms with van der Waals surface area (Å²) in [5.41, 5.74) is 36.6. The highest BCUT2D eigenvalue weighted by molar-refractivity contribution is 9.10. The molecule has 28 aromatic rings. The van der Waals surface area contributed by atoms with Gasteiger partial charge in [-0.3, -0.25) is 18.3 Å². The Morgan fingerprint density at radius 1 is 0.236 bits per heavy atom. The highest BCUT2D eigenvalue weighted by atomic mass is 79.9. The summed E-state index contributed by atoms with van der Waals surface area (Å²) >= 11 is 3.57. The number of fused-ring (bicyclic) bond motifs is 16. The summed E-state index contributed by atoms with van der Waals surface area (Å²) in [6.45, 7) is 2.14. The number of halogens is 1. The minimum absolute atomic E-state index is 0.195. The van der Waals surface area contributed by atoms with Crippen LogP contribution in [0.15, 0.2) is 483 Å². The number of anilines is 1. The molecule has 6 N–H and O–H groups in total. The van der Waals surface area contributed by atoms with E-state index < -0.39 is 7.12 Å². The number of rotatable bonds is 12. The van der Waals surface area contributed by atoms with Crippen LogP contribution in [0, 0.1) is 6.92 Å². The summed E-state index contributed by atoms with van der Waals surface area (Å²) in [5.74, 6) is 3.57. The summed E-state index contributed by atoms with van der Waals surface area (Å²) in [4.78, 5) is 20.4. The zero-order chi connectivity index (χ0) is 97.0. The normalized spacial score (nSPS) is 11.4. The van der Waals surface area contributed by atoms with Gasteiger partial charge in [0, 0.05) is 126 Å². The quantitative estimate of drug-likeness (QED) is 0.0567. The van der Waals surface area contributed by atoms with Gasteiger partial charge in [0.2, 0.25) is 0 Å². The Bertz CT molecular complexity index is 9090. The lowest BCUT2D eigenvalue weighted by Crippen LogP contribution is -2.29. The van der Waals surface area contributed by atoms with Crippen molar-refractivity contribution < 1.29 is 37.9 Å². The molecule has 8 heterocycles. The van der Waals surface area contributed by atoms with Crippen LogP contribution >= 0.6 is 15.9 Å². The highest BCUT2D eigenvalue weighted by Gasteiger charge is 2.28. The lowest BCUT2D eigenvalue weighted by Gasteiger charge is -2.11. The first-order valence-corrected chi connectivity index (χ1v) is 48.1. The topological polar surface area (TPSA) is 231 Å². The van der Waals surface area contributed by atoms with Crippen LogP contribution in [0.1, 0.15) is 5.56 Å². The van der Waals surface area contributed by atoms with E-state index in [-0.39, 0.29) is 11.5 Å². The molecule has 0 atom stereocenters. The number of phenols is 2. The number of hydrogen-bond acceptors (Lipinski definition) is 13. The van der Waals surface area contributed by atoms with Crippen molar-refractivity contribution in [1.29, 1.82) is 0 Å². The van der Waals surface area contributed by atoms with Crippen molar-refractivity contribution in [3.63, 3.8) is 0 Å². The number of phenolic OH excluding ortho intramolecular Hbond substituents is 2. The van der Waals surface area contributed by atoms with Crippen LogP contribution in [0.5, 0.6) is 11.5 Å². The predicted molar refractivity (Wildman–Crippen MR) is 588 cm³/mol. The number of nitrogens with zero attached hydrogens (tertiary/aromatic N) is 8. The van der Waals surface area contributed by atoms with Gasteiger partial charge < -0.3 is 43.7 Å². The maximum absolute atomic E-state index is 10.7. The number of imidazole rings is 4. The first-order chi connectivity index (χ1) is 70.9. The third-order valence-corrected chi connectivity index (χ3v) is 27.1. The molecule has 19 heteroatoms. The number of furan rings is 4. The first-order valence-electron chi connectivity index (χ1n) is 47.3. The molecule has 0 saturated carbocycles. The summed E-state index contributed by atoms with van der Waals surface area (Å²) in [7, 11) is -1.51. The average molecular weight is 1930 g/mol. The van der Waals surface area contributed by atoms with E-state index in [0.29, 0.717) is 33.7 Å². The number of aromatic nitrogens is 8. The Labute approximate surface area is 833 Å². The predicted octanol–water partition coefficient (Wildman–Crippen LogP) is 30.8. The minimum atomic E-state index is -1.51.